The molecule has 0 saturated carbocycles. The first-order valence-electron chi connectivity index (χ1n) is 11.0. The van der Waals surface area contributed by atoms with Gasteiger partial charge in [-0.1, -0.05) is 59.8 Å². The monoisotopic (exact) mass is 492 g/mol. The average molecular weight is 493 g/mol. The maximum absolute atomic E-state index is 12.7. The molecule has 0 radical (unpaired) electrons. The molecule has 1 amide bonds. The first-order valence-corrected chi connectivity index (χ1v) is 12.8. The number of anilines is 2. The lowest BCUT2D eigenvalue weighted by Gasteiger charge is -2.27. The first kappa shape index (κ1) is 22.6. The Morgan fingerprint density at radius 1 is 1.09 bits per heavy atom. The standard InChI is InChI=1S/C24H24N6O2S2/c1-17-7-9-18(10-8-17)20-15-33-22(25-20)26-21(31)16-34-24-28-27-23(29-11-13-32-14-12-29)30(24)19-5-3-2-4-6-19/h2-10,15H,11-14,16H2,1H3,(H,25,26,31). The van der Waals surface area contributed by atoms with Gasteiger partial charge in [-0.25, -0.2) is 4.98 Å². The first-order chi connectivity index (χ1) is 16.7. The van der Waals surface area contributed by atoms with Crippen molar-refractivity contribution in [2.24, 2.45) is 0 Å². The van der Waals surface area contributed by atoms with Crippen LogP contribution in [0.15, 0.2) is 65.1 Å². The Balaban J connectivity index is 1.28. The van der Waals surface area contributed by atoms with Crippen LogP contribution in [0.25, 0.3) is 16.9 Å². The predicted molar refractivity (Wildman–Crippen MR) is 136 cm³/mol. The predicted octanol–water partition coefficient (Wildman–Crippen LogP) is 4.27. The molecular formula is C24H24N6O2S2. The van der Waals surface area contributed by atoms with Crippen molar-refractivity contribution < 1.29 is 9.53 Å². The van der Waals surface area contributed by atoms with Gasteiger partial charge in [0.1, 0.15) is 0 Å². The zero-order valence-corrected chi connectivity index (χ0v) is 20.3. The fraction of sp³-hybridized carbons (Fsp3) is 0.250. The molecule has 3 heterocycles. The number of aryl methyl sites for hydroxylation is 1. The van der Waals surface area contributed by atoms with Gasteiger partial charge in [-0.3, -0.25) is 9.36 Å². The summed E-state index contributed by atoms with van der Waals surface area (Å²) in [5.74, 6) is 0.832. The Morgan fingerprint density at radius 3 is 2.62 bits per heavy atom. The Labute approximate surface area is 206 Å². The molecule has 1 saturated heterocycles. The molecule has 1 N–H and O–H groups in total. The van der Waals surface area contributed by atoms with Gasteiger partial charge in [0.25, 0.3) is 0 Å². The van der Waals surface area contributed by atoms with Crippen molar-refractivity contribution in [1.29, 1.82) is 0 Å². The lowest BCUT2D eigenvalue weighted by Crippen LogP contribution is -2.37. The normalized spacial score (nSPS) is 13.7. The minimum absolute atomic E-state index is 0.134. The van der Waals surface area contributed by atoms with E-state index in [0.29, 0.717) is 23.5 Å². The van der Waals surface area contributed by atoms with Crippen LogP contribution >= 0.6 is 23.1 Å². The fourth-order valence-electron chi connectivity index (χ4n) is 3.60. The second kappa shape index (κ2) is 10.4. The highest BCUT2D eigenvalue weighted by Gasteiger charge is 2.22. The summed E-state index contributed by atoms with van der Waals surface area (Å²) < 4.78 is 7.48. The Hall–Kier alpha value is -3.21. The Kier molecular flexibility index (Phi) is 6.89. The van der Waals surface area contributed by atoms with E-state index in [2.05, 4.69) is 44.5 Å². The van der Waals surface area contributed by atoms with E-state index in [4.69, 9.17) is 4.74 Å². The SMILES string of the molecule is Cc1ccc(-c2csc(NC(=O)CSc3nnc(N4CCOCC4)n3-c3ccccc3)n2)cc1. The maximum atomic E-state index is 12.7. The third kappa shape index (κ3) is 5.14. The van der Waals surface area contributed by atoms with Crippen LogP contribution in [0.4, 0.5) is 11.1 Å². The summed E-state index contributed by atoms with van der Waals surface area (Å²) in [5.41, 5.74) is 4.04. The average Bonchev–Trinajstić information content (AvgIpc) is 3.51. The van der Waals surface area contributed by atoms with E-state index in [-0.39, 0.29) is 11.7 Å². The van der Waals surface area contributed by atoms with Crippen LogP contribution in [0.1, 0.15) is 5.56 Å². The molecule has 10 heteroatoms. The quantitative estimate of drug-likeness (QED) is 0.386. The third-order valence-electron chi connectivity index (χ3n) is 5.35. The van der Waals surface area contributed by atoms with E-state index in [1.807, 2.05) is 52.4 Å². The molecule has 2 aromatic carbocycles. The van der Waals surface area contributed by atoms with Gasteiger partial charge in [-0.2, -0.15) is 0 Å². The number of morpholine rings is 1. The molecule has 0 unspecified atom stereocenters. The minimum Gasteiger partial charge on any atom is -0.378 e. The van der Waals surface area contributed by atoms with E-state index >= 15 is 0 Å². The van der Waals surface area contributed by atoms with Crippen LogP contribution < -0.4 is 10.2 Å². The van der Waals surface area contributed by atoms with Crippen molar-refractivity contribution in [3.63, 3.8) is 0 Å². The number of carbonyl (C=O) groups is 1. The number of thiazole rings is 1. The van der Waals surface area contributed by atoms with Crippen LogP contribution in [0.2, 0.25) is 0 Å². The number of aromatic nitrogens is 4. The summed E-state index contributed by atoms with van der Waals surface area (Å²) in [5, 5.41) is 15.0. The van der Waals surface area contributed by atoms with Crippen LogP contribution in [-0.2, 0) is 9.53 Å². The molecule has 0 aliphatic carbocycles. The van der Waals surface area contributed by atoms with Crippen molar-refractivity contribution >= 4 is 40.1 Å². The molecular weight excluding hydrogens is 468 g/mol. The molecule has 1 fully saturated rings. The molecule has 1 aliphatic heterocycles. The van der Waals surface area contributed by atoms with Crippen LogP contribution in [0, 0.1) is 6.92 Å². The molecule has 4 aromatic rings. The number of carbonyl (C=O) groups excluding carboxylic acids is 1. The molecule has 5 rings (SSSR count). The molecule has 34 heavy (non-hydrogen) atoms. The summed E-state index contributed by atoms with van der Waals surface area (Å²) >= 11 is 2.77. The second-order valence-electron chi connectivity index (χ2n) is 7.79. The summed E-state index contributed by atoms with van der Waals surface area (Å²) in [6, 6.07) is 18.1. The number of para-hydroxylation sites is 1. The van der Waals surface area contributed by atoms with Gasteiger partial charge in [-0.15, -0.1) is 21.5 Å². The number of hydrogen-bond acceptors (Lipinski definition) is 8. The largest absolute Gasteiger partial charge is 0.378 e. The number of hydrogen-bond donors (Lipinski definition) is 1. The molecule has 0 spiro atoms. The lowest BCUT2D eigenvalue weighted by atomic mass is 10.1. The maximum Gasteiger partial charge on any atom is 0.236 e. The van der Waals surface area contributed by atoms with Gasteiger partial charge < -0.3 is 15.0 Å². The molecule has 1 aliphatic rings. The molecule has 174 valence electrons. The minimum atomic E-state index is -0.134. The van der Waals surface area contributed by atoms with Crippen molar-refractivity contribution in [1.82, 2.24) is 19.7 Å². The topological polar surface area (TPSA) is 85.2 Å². The van der Waals surface area contributed by atoms with E-state index in [9.17, 15) is 4.79 Å². The van der Waals surface area contributed by atoms with Gasteiger partial charge in [0.05, 0.1) is 30.3 Å². The zero-order valence-electron chi connectivity index (χ0n) is 18.7. The van der Waals surface area contributed by atoms with Crippen LogP contribution in [0.3, 0.4) is 0 Å². The smallest absolute Gasteiger partial charge is 0.236 e. The van der Waals surface area contributed by atoms with E-state index in [1.54, 1.807) is 0 Å². The third-order valence-corrected chi connectivity index (χ3v) is 7.04. The van der Waals surface area contributed by atoms with Gasteiger partial charge in [0.2, 0.25) is 11.9 Å². The van der Waals surface area contributed by atoms with Gasteiger partial charge in [0, 0.05) is 24.0 Å². The highest BCUT2D eigenvalue weighted by atomic mass is 32.2. The summed E-state index contributed by atoms with van der Waals surface area (Å²) in [6.45, 7) is 4.87. The van der Waals surface area contributed by atoms with Gasteiger partial charge in [0.15, 0.2) is 10.3 Å². The van der Waals surface area contributed by atoms with Crippen molar-refractivity contribution in [3.05, 3.63) is 65.5 Å². The highest BCUT2D eigenvalue weighted by molar-refractivity contribution is 7.99. The number of thioether (sulfide) groups is 1. The number of benzene rings is 2. The molecule has 0 bridgehead atoms. The number of ether oxygens (including phenoxy) is 1. The molecule has 8 nitrogen and oxygen atoms in total. The van der Waals surface area contributed by atoms with Crippen molar-refractivity contribution in [2.75, 3.05) is 42.3 Å². The zero-order chi connectivity index (χ0) is 23.3. The van der Waals surface area contributed by atoms with E-state index < -0.39 is 0 Å². The number of nitrogens with one attached hydrogen (secondary N) is 1. The highest BCUT2D eigenvalue weighted by Crippen LogP contribution is 2.28. The summed E-state index contributed by atoms with van der Waals surface area (Å²) in [4.78, 5) is 19.4. The summed E-state index contributed by atoms with van der Waals surface area (Å²) in [7, 11) is 0. The Bertz CT molecular complexity index is 1250. The van der Waals surface area contributed by atoms with Crippen molar-refractivity contribution in [2.45, 2.75) is 12.1 Å². The Morgan fingerprint density at radius 2 is 1.85 bits per heavy atom. The summed E-state index contributed by atoms with van der Waals surface area (Å²) in [6.07, 6.45) is 0. The van der Waals surface area contributed by atoms with Crippen LogP contribution in [0.5, 0.6) is 0 Å². The number of amides is 1. The van der Waals surface area contributed by atoms with Gasteiger partial charge in [-0.05, 0) is 19.1 Å². The molecule has 2 aromatic heterocycles. The molecule has 0 atom stereocenters. The van der Waals surface area contributed by atoms with E-state index in [1.165, 1.54) is 28.7 Å². The second-order valence-corrected chi connectivity index (χ2v) is 9.59. The number of rotatable bonds is 7. The number of nitrogens with zero attached hydrogens (tertiary/aromatic N) is 5. The lowest BCUT2D eigenvalue weighted by molar-refractivity contribution is -0.113. The van der Waals surface area contributed by atoms with Crippen LogP contribution in [-0.4, -0.2) is 57.7 Å². The van der Waals surface area contributed by atoms with Gasteiger partial charge >= 0.3 is 0 Å². The fourth-order valence-corrected chi connectivity index (χ4v) is 5.08. The van der Waals surface area contributed by atoms with Crippen molar-refractivity contribution in [3.8, 4) is 16.9 Å². The van der Waals surface area contributed by atoms with E-state index in [0.717, 1.165) is 36.0 Å².